The van der Waals surface area contributed by atoms with Crippen LogP contribution >= 0.6 is 11.3 Å². The molecule has 0 aliphatic carbocycles. The van der Waals surface area contributed by atoms with Crippen LogP contribution in [0.25, 0.3) is 22.4 Å². The number of aryl methyl sites for hydroxylation is 1. The van der Waals surface area contributed by atoms with E-state index in [2.05, 4.69) is 40.3 Å². The van der Waals surface area contributed by atoms with Crippen LogP contribution in [0.4, 0.5) is 11.7 Å². The SMILES string of the molecule is Cc1nc(-c2c(C)c(C#N)c3nc(N(C)C)oc3c2N2CCC(N(C)C)C2)cs1. The third-order valence-electron chi connectivity index (χ3n) is 5.63. The van der Waals surface area contributed by atoms with Gasteiger partial charge in [-0.3, -0.25) is 0 Å². The quantitative estimate of drug-likeness (QED) is 0.650. The first-order chi connectivity index (χ1) is 13.8. The molecular weight excluding hydrogens is 384 g/mol. The number of anilines is 2. The van der Waals surface area contributed by atoms with Crippen molar-refractivity contribution in [3.8, 4) is 17.3 Å². The van der Waals surface area contributed by atoms with Crippen LogP contribution in [0.1, 0.15) is 22.6 Å². The van der Waals surface area contributed by atoms with Crippen LogP contribution in [-0.4, -0.2) is 62.2 Å². The largest absolute Gasteiger partial charge is 0.421 e. The molecule has 1 aliphatic heterocycles. The molecule has 1 fully saturated rings. The summed E-state index contributed by atoms with van der Waals surface area (Å²) >= 11 is 1.62. The number of hydrogen-bond acceptors (Lipinski definition) is 8. The van der Waals surface area contributed by atoms with Crippen LogP contribution in [0.3, 0.4) is 0 Å². The van der Waals surface area contributed by atoms with E-state index in [4.69, 9.17) is 9.40 Å². The molecule has 4 rings (SSSR count). The molecule has 0 bridgehead atoms. The number of aromatic nitrogens is 2. The fourth-order valence-electron chi connectivity index (χ4n) is 4.02. The molecule has 0 N–H and O–H groups in total. The van der Waals surface area contributed by atoms with Crippen LogP contribution < -0.4 is 9.80 Å². The van der Waals surface area contributed by atoms with Crippen LogP contribution in [0.2, 0.25) is 0 Å². The van der Waals surface area contributed by atoms with Gasteiger partial charge in [0.15, 0.2) is 5.58 Å². The summed E-state index contributed by atoms with van der Waals surface area (Å²) < 4.78 is 6.22. The number of nitriles is 1. The Balaban J connectivity index is 2.03. The molecule has 7 nitrogen and oxygen atoms in total. The number of rotatable bonds is 4. The Morgan fingerprint density at radius 3 is 2.55 bits per heavy atom. The van der Waals surface area contributed by atoms with Gasteiger partial charge in [0.2, 0.25) is 0 Å². The zero-order valence-corrected chi connectivity index (χ0v) is 18.6. The Hall–Kier alpha value is -2.63. The number of nitrogens with zero attached hydrogens (tertiary/aromatic N) is 6. The molecule has 3 heterocycles. The number of hydrogen-bond donors (Lipinski definition) is 0. The second-order valence-electron chi connectivity index (χ2n) is 8.01. The van der Waals surface area contributed by atoms with Gasteiger partial charge in [-0.15, -0.1) is 11.3 Å². The van der Waals surface area contributed by atoms with Crippen LogP contribution in [0.5, 0.6) is 0 Å². The standard InChI is InChI=1S/C21H26N6OS/c1-12-15(9-22)18-20(28-21(24-18)26(5)6)19(17(12)16-11-29-13(2)23-16)27-8-7-14(10-27)25(3)4/h11,14H,7-8,10H2,1-6H3. The lowest BCUT2D eigenvalue weighted by atomic mass is 9.96. The summed E-state index contributed by atoms with van der Waals surface area (Å²) in [5.74, 6) is 0. The predicted molar refractivity (Wildman–Crippen MR) is 118 cm³/mol. The summed E-state index contributed by atoms with van der Waals surface area (Å²) in [6, 6.07) is 3.34. The first-order valence-corrected chi connectivity index (χ1v) is 10.6. The van der Waals surface area contributed by atoms with Gasteiger partial charge in [-0.25, -0.2) is 4.98 Å². The minimum absolute atomic E-state index is 0.474. The number of benzene rings is 1. The van der Waals surface area contributed by atoms with Gasteiger partial charge >= 0.3 is 0 Å². The molecule has 0 spiro atoms. The molecule has 1 unspecified atom stereocenters. The molecule has 0 saturated carbocycles. The normalized spacial score (nSPS) is 16.8. The lowest BCUT2D eigenvalue weighted by molar-refractivity contribution is 0.315. The summed E-state index contributed by atoms with van der Waals surface area (Å²) in [7, 11) is 8.03. The van der Waals surface area contributed by atoms with Crippen molar-refractivity contribution in [1.29, 1.82) is 5.26 Å². The molecule has 1 atom stereocenters. The Morgan fingerprint density at radius 2 is 2.00 bits per heavy atom. The molecule has 3 aromatic rings. The van der Waals surface area contributed by atoms with Crippen molar-refractivity contribution in [1.82, 2.24) is 14.9 Å². The van der Waals surface area contributed by atoms with Crippen molar-refractivity contribution in [2.24, 2.45) is 0 Å². The van der Waals surface area contributed by atoms with Crippen molar-refractivity contribution in [3.05, 3.63) is 21.5 Å². The summed E-state index contributed by atoms with van der Waals surface area (Å²) in [6.07, 6.45) is 1.08. The Kier molecular flexibility index (Phi) is 4.97. The average Bonchev–Trinajstić information content (AvgIpc) is 3.39. The van der Waals surface area contributed by atoms with Gasteiger partial charge in [-0.1, -0.05) is 0 Å². The molecule has 29 heavy (non-hydrogen) atoms. The maximum absolute atomic E-state index is 9.93. The highest BCUT2D eigenvalue weighted by atomic mass is 32.1. The Bertz CT molecular complexity index is 1110. The zero-order valence-electron chi connectivity index (χ0n) is 17.8. The maximum atomic E-state index is 9.93. The maximum Gasteiger partial charge on any atom is 0.297 e. The first-order valence-electron chi connectivity index (χ1n) is 9.70. The fraction of sp³-hybridized carbons (Fsp3) is 0.476. The monoisotopic (exact) mass is 410 g/mol. The minimum atomic E-state index is 0.474. The van der Waals surface area contributed by atoms with Gasteiger partial charge < -0.3 is 19.1 Å². The Labute approximate surface area is 175 Å². The molecule has 8 heteroatoms. The van der Waals surface area contributed by atoms with E-state index in [0.29, 0.717) is 28.7 Å². The van der Waals surface area contributed by atoms with Gasteiger partial charge in [-0.05, 0) is 39.9 Å². The third-order valence-corrected chi connectivity index (χ3v) is 6.41. The van der Waals surface area contributed by atoms with E-state index in [-0.39, 0.29) is 0 Å². The first kappa shape index (κ1) is 19.7. The zero-order chi connectivity index (χ0) is 20.9. The van der Waals surface area contributed by atoms with Crippen molar-refractivity contribution < 1.29 is 4.42 Å². The number of thiazole rings is 1. The van der Waals surface area contributed by atoms with Gasteiger partial charge in [0, 0.05) is 44.2 Å². The van der Waals surface area contributed by atoms with E-state index in [1.165, 1.54) is 0 Å². The lowest BCUT2D eigenvalue weighted by Crippen LogP contribution is -2.31. The molecular formula is C21H26N6OS. The van der Waals surface area contributed by atoms with Gasteiger partial charge in [-0.2, -0.15) is 10.2 Å². The molecule has 1 aromatic carbocycles. The van der Waals surface area contributed by atoms with Gasteiger partial charge in [0.05, 0.1) is 22.0 Å². The van der Waals surface area contributed by atoms with Crippen molar-refractivity contribution in [2.45, 2.75) is 26.3 Å². The molecule has 1 saturated heterocycles. The number of likely N-dealkylation sites (N-methyl/N-ethyl adjacent to an activating group) is 1. The second-order valence-corrected chi connectivity index (χ2v) is 9.07. The van der Waals surface area contributed by atoms with Crippen LogP contribution in [0, 0.1) is 25.2 Å². The Morgan fingerprint density at radius 1 is 1.24 bits per heavy atom. The number of fused-ring (bicyclic) bond motifs is 1. The number of oxazole rings is 1. The highest BCUT2D eigenvalue weighted by molar-refractivity contribution is 7.09. The van der Waals surface area contributed by atoms with Crippen LogP contribution in [0.15, 0.2) is 9.80 Å². The molecule has 152 valence electrons. The highest BCUT2D eigenvalue weighted by Gasteiger charge is 2.32. The predicted octanol–water partition coefficient (Wildman–Crippen LogP) is 3.65. The third kappa shape index (κ3) is 3.24. The van der Waals surface area contributed by atoms with E-state index in [9.17, 15) is 5.26 Å². The molecule has 0 amide bonds. The van der Waals surface area contributed by atoms with Crippen molar-refractivity contribution in [2.75, 3.05) is 51.1 Å². The van der Waals surface area contributed by atoms with Crippen LogP contribution in [-0.2, 0) is 0 Å². The topological polar surface area (TPSA) is 72.4 Å². The van der Waals surface area contributed by atoms with E-state index in [1.54, 1.807) is 11.3 Å². The van der Waals surface area contributed by atoms with E-state index >= 15 is 0 Å². The highest BCUT2D eigenvalue weighted by Crippen LogP contribution is 2.44. The summed E-state index contributed by atoms with van der Waals surface area (Å²) in [4.78, 5) is 15.9. The van der Waals surface area contributed by atoms with Crippen molar-refractivity contribution >= 4 is 34.1 Å². The molecule has 2 aromatic heterocycles. The molecule has 0 radical (unpaired) electrons. The molecule has 1 aliphatic rings. The van der Waals surface area contributed by atoms with Crippen molar-refractivity contribution in [3.63, 3.8) is 0 Å². The van der Waals surface area contributed by atoms with E-state index < -0.39 is 0 Å². The fourth-order valence-corrected chi connectivity index (χ4v) is 4.62. The summed E-state index contributed by atoms with van der Waals surface area (Å²) in [5.41, 5.74) is 5.67. The second kappa shape index (κ2) is 7.32. The smallest absolute Gasteiger partial charge is 0.297 e. The van der Waals surface area contributed by atoms with E-state index in [0.717, 1.165) is 47.0 Å². The minimum Gasteiger partial charge on any atom is -0.421 e. The average molecular weight is 411 g/mol. The van der Waals surface area contributed by atoms with Gasteiger partial charge in [0.1, 0.15) is 11.6 Å². The summed E-state index contributed by atoms with van der Waals surface area (Å²) in [6.45, 7) is 5.83. The lowest BCUT2D eigenvalue weighted by Gasteiger charge is -2.25. The van der Waals surface area contributed by atoms with E-state index in [1.807, 2.05) is 32.8 Å². The summed E-state index contributed by atoms with van der Waals surface area (Å²) in [5, 5.41) is 13.0. The van der Waals surface area contributed by atoms with Gasteiger partial charge in [0.25, 0.3) is 6.01 Å².